The molecule has 0 bridgehead atoms. The van der Waals surface area contributed by atoms with Crippen molar-refractivity contribution in [1.29, 1.82) is 0 Å². The zero-order valence-electron chi connectivity index (χ0n) is 20.0. The van der Waals surface area contributed by atoms with Crippen molar-refractivity contribution in [2.75, 3.05) is 37.7 Å². The molecule has 7 heteroatoms. The Balaban J connectivity index is 1.51. The molecule has 0 radical (unpaired) electrons. The minimum atomic E-state index is -0.204. The Morgan fingerprint density at radius 1 is 1.15 bits per heavy atom. The Kier molecular flexibility index (Phi) is 8.29. The van der Waals surface area contributed by atoms with Crippen LogP contribution in [0.25, 0.3) is 5.69 Å². The summed E-state index contributed by atoms with van der Waals surface area (Å²) in [5.74, 6) is 1.33. The fraction of sp³-hybridized carbons (Fsp3) is 0.407. The first-order valence-electron chi connectivity index (χ1n) is 12.0. The van der Waals surface area contributed by atoms with Crippen LogP contribution in [0.3, 0.4) is 0 Å². The van der Waals surface area contributed by atoms with Crippen LogP contribution in [-0.2, 0) is 0 Å². The molecule has 0 N–H and O–H groups in total. The van der Waals surface area contributed by atoms with Gasteiger partial charge in [0.1, 0.15) is 5.69 Å². The molecule has 34 heavy (non-hydrogen) atoms. The standard InChI is InChI=1S/C27H34N4O2S/c1-4-5-6-8-11-22-18-23(22)20-33-26-25(29-14-16-30(17-15-29)34-21(2)3)19-28-31(27(26)32)24-12-9-7-10-13-24/h4-13,19,21-23H,1,14-18,20H2,2-3H3/b6-5-,11-8-/t22?,23-/m1/s1. The van der Waals surface area contributed by atoms with Gasteiger partial charge in [0.05, 0.1) is 18.5 Å². The quantitative estimate of drug-likeness (QED) is 0.364. The van der Waals surface area contributed by atoms with E-state index in [1.807, 2.05) is 54.4 Å². The second kappa shape index (κ2) is 11.6. The third-order valence-electron chi connectivity index (χ3n) is 5.99. The lowest BCUT2D eigenvalue weighted by Crippen LogP contribution is -2.44. The summed E-state index contributed by atoms with van der Waals surface area (Å²) < 4.78 is 10.1. The van der Waals surface area contributed by atoms with Gasteiger partial charge >= 0.3 is 5.56 Å². The monoisotopic (exact) mass is 478 g/mol. The lowest BCUT2D eigenvalue weighted by Gasteiger charge is -2.36. The minimum Gasteiger partial charge on any atom is -0.486 e. The summed E-state index contributed by atoms with van der Waals surface area (Å²) >= 11 is 1.89. The molecule has 2 fully saturated rings. The highest BCUT2D eigenvalue weighted by atomic mass is 32.2. The van der Waals surface area contributed by atoms with Gasteiger partial charge in [-0.05, 0) is 30.4 Å². The van der Waals surface area contributed by atoms with Gasteiger partial charge in [-0.2, -0.15) is 9.78 Å². The van der Waals surface area contributed by atoms with Crippen molar-refractivity contribution in [2.24, 2.45) is 11.8 Å². The summed E-state index contributed by atoms with van der Waals surface area (Å²) in [5.41, 5.74) is 1.33. The lowest BCUT2D eigenvalue weighted by molar-refractivity contribution is 0.288. The van der Waals surface area contributed by atoms with E-state index in [1.54, 1.807) is 12.3 Å². The van der Waals surface area contributed by atoms with E-state index in [0.29, 0.717) is 29.4 Å². The molecule has 4 rings (SSSR count). The molecule has 2 aromatic rings. The van der Waals surface area contributed by atoms with Crippen molar-refractivity contribution in [3.8, 4) is 11.4 Å². The van der Waals surface area contributed by atoms with Gasteiger partial charge in [-0.25, -0.2) is 4.31 Å². The third kappa shape index (κ3) is 6.21. The van der Waals surface area contributed by atoms with Gasteiger partial charge in [0, 0.05) is 31.4 Å². The van der Waals surface area contributed by atoms with Crippen molar-refractivity contribution in [3.63, 3.8) is 0 Å². The highest BCUT2D eigenvalue weighted by Gasteiger charge is 2.36. The van der Waals surface area contributed by atoms with E-state index in [4.69, 9.17) is 4.74 Å². The summed E-state index contributed by atoms with van der Waals surface area (Å²) in [6.45, 7) is 12.2. The molecule has 6 nitrogen and oxygen atoms in total. The number of para-hydroxylation sites is 1. The van der Waals surface area contributed by atoms with Crippen molar-refractivity contribution in [2.45, 2.75) is 25.5 Å². The van der Waals surface area contributed by atoms with Crippen LogP contribution in [0.5, 0.6) is 5.75 Å². The summed E-state index contributed by atoms with van der Waals surface area (Å²) in [4.78, 5) is 15.7. The van der Waals surface area contributed by atoms with Gasteiger partial charge in [-0.1, -0.05) is 81.0 Å². The summed E-state index contributed by atoms with van der Waals surface area (Å²) in [6, 6.07) is 9.52. The molecule has 1 aliphatic carbocycles. The molecule has 1 unspecified atom stereocenters. The molecular weight excluding hydrogens is 444 g/mol. The van der Waals surface area contributed by atoms with E-state index in [0.717, 1.165) is 44.0 Å². The number of anilines is 1. The number of nitrogens with zero attached hydrogens (tertiary/aromatic N) is 4. The molecule has 1 aromatic heterocycles. The normalized spacial score (nSPS) is 21.0. The van der Waals surface area contributed by atoms with E-state index in [2.05, 4.69) is 46.9 Å². The molecule has 2 aliphatic rings. The molecule has 1 aliphatic heterocycles. The average molecular weight is 479 g/mol. The molecule has 2 heterocycles. The van der Waals surface area contributed by atoms with Crippen LogP contribution >= 0.6 is 11.9 Å². The fourth-order valence-electron chi connectivity index (χ4n) is 4.11. The van der Waals surface area contributed by atoms with Gasteiger partial charge in [0.2, 0.25) is 5.75 Å². The van der Waals surface area contributed by atoms with Crippen LogP contribution in [0.4, 0.5) is 5.69 Å². The number of ether oxygens (including phenoxy) is 1. The Morgan fingerprint density at radius 2 is 1.91 bits per heavy atom. The van der Waals surface area contributed by atoms with Crippen molar-refractivity contribution >= 4 is 17.6 Å². The highest BCUT2D eigenvalue weighted by molar-refractivity contribution is 7.97. The molecule has 1 saturated carbocycles. The topological polar surface area (TPSA) is 50.6 Å². The van der Waals surface area contributed by atoms with Crippen LogP contribution in [0.2, 0.25) is 0 Å². The molecular formula is C27H34N4O2S. The number of hydrogen-bond donors (Lipinski definition) is 0. The van der Waals surface area contributed by atoms with Gasteiger partial charge < -0.3 is 9.64 Å². The molecule has 0 spiro atoms. The van der Waals surface area contributed by atoms with Crippen LogP contribution < -0.4 is 15.2 Å². The van der Waals surface area contributed by atoms with Crippen molar-refractivity contribution in [3.05, 3.63) is 83.8 Å². The summed E-state index contributed by atoms with van der Waals surface area (Å²) in [7, 11) is 0. The maximum atomic E-state index is 13.5. The first-order chi connectivity index (χ1) is 16.6. The maximum Gasteiger partial charge on any atom is 0.316 e. The van der Waals surface area contributed by atoms with Crippen LogP contribution in [0, 0.1) is 11.8 Å². The van der Waals surface area contributed by atoms with E-state index in [1.165, 1.54) is 4.68 Å². The SMILES string of the molecule is C=C/C=C\C=C/C1C[C@@H]1COc1c(N2CCN(SC(C)C)CC2)cnn(-c2ccccc2)c1=O. The Hall–Kier alpha value is -2.77. The van der Waals surface area contributed by atoms with Gasteiger partial charge in [-0.3, -0.25) is 4.79 Å². The molecule has 0 amide bonds. The third-order valence-corrected chi connectivity index (χ3v) is 7.08. The van der Waals surface area contributed by atoms with Gasteiger partial charge in [-0.15, -0.1) is 0 Å². The number of hydrogen-bond acceptors (Lipinski definition) is 6. The maximum absolute atomic E-state index is 13.5. The predicted molar refractivity (Wildman–Crippen MR) is 142 cm³/mol. The first kappa shape index (κ1) is 24.4. The van der Waals surface area contributed by atoms with Crippen LogP contribution in [0.1, 0.15) is 20.3 Å². The molecule has 1 aromatic carbocycles. The Bertz CT molecular complexity index is 1070. The van der Waals surface area contributed by atoms with Crippen molar-refractivity contribution < 1.29 is 4.74 Å². The van der Waals surface area contributed by atoms with E-state index < -0.39 is 0 Å². The second-order valence-electron chi connectivity index (χ2n) is 8.96. The van der Waals surface area contributed by atoms with E-state index in [9.17, 15) is 4.79 Å². The number of piperazine rings is 1. The predicted octanol–water partition coefficient (Wildman–Crippen LogP) is 4.72. The fourth-order valence-corrected chi connectivity index (χ4v) is 5.08. The number of allylic oxidation sites excluding steroid dienone is 5. The zero-order chi connectivity index (χ0) is 23.9. The highest BCUT2D eigenvalue weighted by Crippen LogP contribution is 2.40. The van der Waals surface area contributed by atoms with E-state index in [-0.39, 0.29) is 5.56 Å². The van der Waals surface area contributed by atoms with Gasteiger partial charge in [0.25, 0.3) is 0 Å². The number of benzene rings is 1. The second-order valence-corrected chi connectivity index (χ2v) is 10.6. The number of aromatic nitrogens is 2. The van der Waals surface area contributed by atoms with Crippen molar-refractivity contribution in [1.82, 2.24) is 14.1 Å². The van der Waals surface area contributed by atoms with Crippen LogP contribution in [-0.4, -0.2) is 52.1 Å². The summed E-state index contributed by atoms with van der Waals surface area (Å²) in [5, 5.41) is 5.07. The lowest BCUT2D eigenvalue weighted by atomic mass is 10.2. The van der Waals surface area contributed by atoms with Gasteiger partial charge in [0.15, 0.2) is 0 Å². The van der Waals surface area contributed by atoms with Crippen LogP contribution in [0.15, 0.2) is 78.3 Å². The molecule has 180 valence electrons. The minimum absolute atomic E-state index is 0.204. The number of rotatable bonds is 10. The van der Waals surface area contributed by atoms with E-state index >= 15 is 0 Å². The molecule has 2 atom stereocenters. The Labute approximate surface area is 206 Å². The summed E-state index contributed by atoms with van der Waals surface area (Å²) in [6.07, 6.45) is 12.8. The smallest absolute Gasteiger partial charge is 0.316 e. The largest absolute Gasteiger partial charge is 0.486 e. The first-order valence-corrected chi connectivity index (χ1v) is 12.8. The zero-order valence-corrected chi connectivity index (χ0v) is 20.9. The average Bonchev–Trinajstić information content (AvgIpc) is 3.60. The molecule has 1 saturated heterocycles. The Morgan fingerprint density at radius 3 is 2.62 bits per heavy atom.